The number of hydrogen-bond donors (Lipinski definition) is 1. The molecule has 3 heteroatoms. The lowest BCUT2D eigenvalue weighted by atomic mass is 9.93. The van der Waals surface area contributed by atoms with Crippen molar-refractivity contribution < 1.29 is 14.6 Å². The first-order valence-electron chi connectivity index (χ1n) is 7.30. The highest BCUT2D eigenvalue weighted by Crippen LogP contribution is 2.21. The second kappa shape index (κ2) is 8.57. The quantitative estimate of drug-likeness (QED) is 0.536. The topological polar surface area (TPSA) is 46.5 Å². The summed E-state index contributed by atoms with van der Waals surface area (Å²) in [7, 11) is 0. The molecule has 0 saturated heterocycles. The third kappa shape index (κ3) is 5.46. The predicted octanol–water partition coefficient (Wildman–Crippen LogP) is 3.26. The van der Waals surface area contributed by atoms with Gasteiger partial charge >= 0.3 is 5.97 Å². The van der Waals surface area contributed by atoms with Crippen molar-refractivity contribution in [2.75, 3.05) is 0 Å². The molecule has 2 aromatic rings. The Balaban J connectivity index is 2.21. The summed E-state index contributed by atoms with van der Waals surface area (Å²) < 4.78 is 4.83. The molecule has 0 aliphatic carbocycles. The number of aliphatic hydroxyl groups is 1. The van der Waals surface area contributed by atoms with Gasteiger partial charge in [-0.25, -0.2) is 0 Å². The van der Waals surface area contributed by atoms with Gasteiger partial charge < -0.3 is 9.84 Å². The van der Waals surface area contributed by atoms with Crippen LogP contribution in [-0.2, 0) is 9.53 Å². The maximum absolute atomic E-state index is 10.9. The van der Waals surface area contributed by atoms with E-state index in [1.807, 2.05) is 60.7 Å². The molecule has 0 bridgehead atoms. The maximum atomic E-state index is 10.9. The van der Waals surface area contributed by atoms with Crippen LogP contribution in [0.2, 0.25) is 0 Å². The van der Waals surface area contributed by atoms with Gasteiger partial charge in [0.25, 0.3) is 0 Å². The summed E-state index contributed by atoms with van der Waals surface area (Å²) in [5.41, 5.74) is 1.73. The van der Waals surface area contributed by atoms with Gasteiger partial charge in [-0.15, -0.1) is 0 Å². The van der Waals surface area contributed by atoms with Crippen molar-refractivity contribution in [3.05, 3.63) is 84.1 Å². The molecule has 0 aliphatic rings. The largest absolute Gasteiger partial charge is 0.435 e. The lowest BCUT2D eigenvalue weighted by molar-refractivity contribution is -0.135. The number of hydrogen-bond acceptors (Lipinski definition) is 3. The van der Waals surface area contributed by atoms with E-state index in [9.17, 15) is 9.90 Å². The summed E-state index contributed by atoms with van der Waals surface area (Å²) in [5.74, 6) is 5.01. The van der Waals surface area contributed by atoms with Crippen molar-refractivity contribution in [1.29, 1.82) is 0 Å². The van der Waals surface area contributed by atoms with Gasteiger partial charge in [0.1, 0.15) is 6.10 Å². The zero-order valence-electron chi connectivity index (χ0n) is 12.8. The number of aliphatic hydroxyl groups excluding tert-OH is 1. The molecule has 0 amide bonds. The summed E-state index contributed by atoms with van der Waals surface area (Å²) in [6, 6.07) is 18.9. The molecule has 23 heavy (non-hydrogen) atoms. The molecule has 2 atom stereocenters. The summed E-state index contributed by atoms with van der Waals surface area (Å²) in [6.07, 6.45) is 2.03. The van der Waals surface area contributed by atoms with Crippen molar-refractivity contribution in [2.24, 2.45) is 0 Å². The van der Waals surface area contributed by atoms with Gasteiger partial charge in [-0.2, -0.15) is 0 Å². The lowest BCUT2D eigenvalue weighted by Gasteiger charge is -2.15. The average Bonchev–Trinajstić information content (AvgIpc) is 2.58. The molecule has 3 nitrogen and oxygen atoms in total. The lowest BCUT2D eigenvalue weighted by Crippen LogP contribution is -2.15. The maximum Gasteiger partial charge on any atom is 0.307 e. The minimum Gasteiger partial charge on any atom is -0.435 e. The SMILES string of the molecule is CC(=O)O/C=C\[C@@H](c1ccccc1)[C@@H](O)C#Cc1ccccc1. The van der Waals surface area contributed by atoms with Crippen LogP contribution in [0.5, 0.6) is 0 Å². The van der Waals surface area contributed by atoms with Crippen molar-refractivity contribution in [1.82, 2.24) is 0 Å². The van der Waals surface area contributed by atoms with Crippen molar-refractivity contribution >= 4 is 5.97 Å². The van der Waals surface area contributed by atoms with E-state index < -0.39 is 12.1 Å². The summed E-state index contributed by atoms with van der Waals surface area (Å²) in [5, 5.41) is 10.4. The second-order valence-corrected chi connectivity index (χ2v) is 4.95. The first-order valence-corrected chi connectivity index (χ1v) is 7.30. The van der Waals surface area contributed by atoms with Gasteiger partial charge in [0.15, 0.2) is 0 Å². The van der Waals surface area contributed by atoms with Crippen molar-refractivity contribution in [3.8, 4) is 11.8 Å². The minimum atomic E-state index is -0.913. The van der Waals surface area contributed by atoms with E-state index >= 15 is 0 Å². The van der Waals surface area contributed by atoms with Gasteiger partial charge in [0.2, 0.25) is 0 Å². The first-order chi connectivity index (χ1) is 11.2. The number of benzene rings is 2. The van der Waals surface area contributed by atoms with Crippen LogP contribution in [0.3, 0.4) is 0 Å². The van der Waals surface area contributed by atoms with E-state index in [0.29, 0.717) is 0 Å². The Morgan fingerprint density at radius 2 is 1.70 bits per heavy atom. The van der Waals surface area contributed by atoms with Crippen LogP contribution in [0.25, 0.3) is 0 Å². The van der Waals surface area contributed by atoms with Gasteiger partial charge in [0, 0.05) is 18.4 Å². The van der Waals surface area contributed by atoms with E-state index in [1.54, 1.807) is 6.08 Å². The molecule has 0 radical (unpaired) electrons. The third-order valence-electron chi connectivity index (χ3n) is 3.18. The van der Waals surface area contributed by atoms with E-state index in [2.05, 4.69) is 11.8 Å². The minimum absolute atomic E-state index is 0.383. The van der Waals surface area contributed by atoms with Crippen LogP contribution < -0.4 is 0 Å². The molecule has 0 fully saturated rings. The Kier molecular flexibility index (Phi) is 6.17. The van der Waals surface area contributed by atoms with Crippen molar-refractivity contribution in [2.45, 2.75) is 18.9 Å². The number of esters is 1. The zero-order chi connectivity index (χ0) is 16.5. The van der Waals surface area contributed by atoms with Gasteiger partial charge in [0.05, 0.1) is 6.26 Å². The molecule has 116 valence electrons. The molecule has 0 heterocycles. The summed E-state index contributed by atoms with van der Waals surface area (Å²) in [4.78, 5) is 10.9. The van der Waals surface area contributed by atoms with E-state index in [0.717, 1.165) is 11.1 Å². The molecular formula is C20H18O3. The summed E-state index contributed by atoms with van der Waals surface area (Å²) >= 11 is 0. The third-order valence-corrected chi connectivity index (χ3v) is 3.18. The molecule has 0 unspecified atom stereocenters. The summed E-state index contributed by atoms with van der Waals surface area (Å²) in [6.45, 7) is 1.33. The van der Waals surface area contributed by atoms with E-state index in [4.69, 9.17) is 4.74 Å². The molecule has 0 saturated carbocycles. The number of carbonyl (C=O) groups is 1. The van der Waals surface area contributed by atoms with Crippen LogP contribution >= 0.6 is 0 Å². The Morgan fingerprint density at radius 1 is 1.09 bits per heavy atom. The highest BCUT2D eigenvalue weighted by molar-refractivity contribution is 5.66. The van der Waals surface area contributed by atoms with Crippen LogP contribution in [0.1, 0.15) is 24.0 Å². The van der Waals surface area contributed by atoms with Gasteiger partial charge in [-0.3, -0.25) is 4.79 Å². The molecule has 2 rings (SSSR count). The smallest absolute Gasteiger partial charge is 0.307 e. The monoisotopic (exact) mass is 306 g/mol. The Hall–Kier alpha value is -2.83. The fourth-order valence-corrected chi connectivity index (χ4v) is 2.06. The van der Waals surface area contributed by atoms with Crippen LogP contribution in [0.4, 0.5) is 0 Å². The first kappa shape index (κ1) is 16.5. The predicted molar refractivity (Wildman–Crippen MR) is 89.4 cm³/mol. The highest BCUT2D eigenvalue weighted by Gasteiger charge is 2.16. The van der Waals surface area contributed by atoms with Crippen molar-refractivity contribution in [3.63, 3.8) is 0 Å². The molecule has 0 aromatic heterocycles. The molecule has 2 aromatic carbocycles. The Morgan fingerprint density at radius 3 is 2.30 bits per heavy atom. The zero-order valence-corrected chi connectivity index (χ0v) is 12.8. The van der Waals surface area contributed by atoms with Crippen LogP contribution in [0, 0.1) is 11.8 Å². The average molecular weight is 306 g/mol. The molecular weight excluding hydrogens is 288 g/mol. The fourth-order valence-electron chi connectivity index (χ4n) is 2.06. The van der Waals surface area contributed by atoms with E-state index in [-0.39, 0.29) is 5.92 Å². The number of rotatable bonds is 4. The van der Waals surface area contributed by atoms with Crippen LogP contribution in [-0.4, -0.2) is 17.2 Å². The molecule has 0 spiro atoms. The standard InChI is InChI=1S/C20H18O3/c1-16(21)23-15-14-19(18-10-6-3-7-11-18)20(22)13-12-17-8-4-2-5-9-17/h2-11,14-15,19-20,22H,1H3/b15-14-/t19-,20-/m0/s1. The normalized spacial score (nSPS) is 13.0. The van der Waals surface area contributed by atoms with Gasteiger partial charge in [-0.05, 0) is 23.8 Å². The molecule has 0 aliphatic heterocycles. The van der Waals surface area contributed by atoms with Gasteiger partial charge in [-0.1, -0.05) is 60.4 Å². The highest BCUT2D eigenvalue weighted by atomic mass is 16.5. The fraction of sp³-hybridized carbons (Fsp3) is 0.150. The Bertz CT molecular complexity index is 709. The molecule has 1 N–H and O–H groups in total. The Labute approximate surface area is 136 Å². The van der Waals surface area contributed by atoms with Crippen LogP contribution in [0.15, 0.2) is 73.0 Å². The number of ether oxygens (including phenoxy) is 1. The van der Waals surface area contributed by atoms with E-state index in [1.165, 1.54) is 13.2 Å². The number of carbonyl (C=O) groups excluding carboxylic acids is 1. The second-order valence-electron chi connectivity index (χ2n) is 4.95.